The Labute approximate surface area is 327 Å². The first-order valence-corrected chi connectivity index (χ1v) is 18.0. The number of nitrogens with zero attached hydrogens (tertiary/aromatic N) is 4. The summed E-state index contributed by atoms with van der Waals surface area (Å²) in [6, 6.07) is 25.9. The van der Waals surface area contributed by atoms with E-state index in [2.05, 4.69) is 19.9 Å². The first-order chi connectivity index (χ1) is 25.5. The van der Waals surface area contributed by atoms with Crippen LogP contribution in [0.3, 0.4) is 0 Å². The minimum Gasteiger partial charge on any atom is -0.461 e. The molecule has 9 nitrogen and oxygen atoms in total. The number of nitrogens with two attached hydrogens (primary N) is 2. The SMILES string of the molecule is CCOC(=O)c1nc(-c2cccc(Cl)c2Cl)c(C)nc1-c1ccc(CN)cc1.Cc1nc(-c2ccc(CN)cc2)c(CO)nc1-c1cccc(Cl)c1Cl. The molecule has 6 aromatic rings. The van der Waals surface area contributed by atoms with Crippen LogP contribution < -0.4 is 11.5 Å². The lowest BCUT2D eigenvalue weighted by Crippen LogP contribution is -2.12. The van der Waals surface area contributed by atoms with Gasteiger partial charge < -0.3 is 21.3 Å². The van der Waals surface area contributed by atoms with Crippen molar-refractivity contribution in [3.8, 4) is 45.0 Å². The van der Waals surface area contributed by atoms with E-state index in [1.54, 1.807) is 31.2 Å². The standard InChI is InChI=1S/C21H19Cl2N3O2.C19H17Cl2N3O/c1-3-28-21(27)20-19(14-9-7-13(11-24)8-10-14)25-12(2)18(26-20)15-5-4-6-16(22)17(15)23;1-11-18(14-3-2-4-15(20)17(14)21)24-16(10-25)19(23-11)13-7-5-12(9-22)6-8-13/h4-10H,3,11,24H2,1-2H3;2-8,25H,9-10,22H2,1H3. The highest BCUT2D eigenvalue weighted by atomic mass is 35.5. The molecule has 13 heteroatoms. The molecule has 0 radical (unpaired) electrons. The Hall–Kier alpha value is -4.45. The van der Waals surface area contributed by atoms with E-state index in [0.717, 1.165) is 22.3 Å². The Kier molecular flexibility index (Phi) is 13.5. The number of esters is 1. The number of aryl methyl sites for hydroxylation is 2. The minimum absolute atomic E-state index is 0.124. The first kappa shape index (κ1) is 39.8. The van der Waals surface area contributed by atoms with Crippen molar-refractivity contribution in [3.05, 3.63) is 139 Å². The highest BCUT2D eigenvalue weighted by Crippen LogP contribution is 2.37. The molecule has 0 aliphatic rings. The lowest BCUT2D eigenvalue weighted by atomic mass is 10.0. The van der Waals surface area contributed by atoms with Crippen molar-refractivity contribution in [2.24, 2.45) is 11.5 Å². The molecular weight excluding hydrogens is 754 g/mol. The van der Waals surface area contributed by atoms with Gasteiger partial charge in [-0.3, -0.25) is 0 Å². The fourth-order valence-corrected chi connectivity index (χ4v) is 6.22. The Balaban J connectivity index is 0.000000206. The summed E-state index contributed by atoms with van der Waals surface area (Å²) in [5.74, 6) is -0.549. The summed E-state index contributed by atoms with van der Waals surface area (Å²) in [5.41, 5.74) is 20.4. The maximum Gasteiger partial charge on any atom is 0.359 e. The average molecular weight is 791 g/mol. The number of hydrogen-bond acceptors (Lipinski definition) is 9. The molecule has 0 saturated carbocycles. The molecule has 5 N–H and O–H groups in total. The van der Waals surface area contributed by atoms with Gasteiger partial charge in [0.25, 0.3) is 0 Å². The maximum atomic E-state index is 12.6. The lowest BCUT2D eigenvalue weighted by molar-refractivity contribution is 0.0520. The lowest BCUT2D eigenvalue weighted by Gasteiger charge is -2.14. The third kappa shape index (κ3) is 9.03. The molecule has 53 heavy (non-hydrogen) atoms. The van der Waals surface area contributed by atoms with Crippen LogP contribution in [-0.4, -0.2) is 37.6 Å². The Morgan fingerprint density at radius 2 is 1.09 bits per heavy atom. The summed E-state index contributed by atoms with van der Waals surface area (Å²) >= 11 is 24.9. The van der Waals surface area contributed by atoms with E-state index in [4.69, 9.17) is 62.6 Å². The van der Waals surface area contributed by atoms with Crippen LogP contribution in [0.5, 0.6) is 0 Å². The number of hydrogen-bond donors (Lipinski definition) is 3. The summed E-state index contributed by atoms with van der Waals surface area (Å²) in [6.45, 7) is 6.32. The van der Waals surface area contributed by atoms with Gasteiger partial charge in [-0.05, 0) is 44.0 Å². The Morgan fingerprint density at radius 1 is 0.642 bits per heavy atom. The van der Waals surface area contributed by atoms with Crippen molar-refractivity contribution in [2.75, 3.05) is 6.61 Å². The summed E-state index contributed by atoms with van der Waals surface area (Å²) in [7, 11) is 0. The number of aromatic nitrogens is 4. The molecule has 0 amide bonds. The molecule has 2 heterocycles. The topological polar surface area (TPSA) is 150 Å². The third-order valence-electron chi connectivity index (χ3n) is 8.17. The van der Waals surface area contributed by atoms with E-state index < -0.39 is 5.97 Å². The Bertz CT molecular complexity index is 2250. The monoisotopic (exact) mass is 788 g/mol. The fraction of sp³-hybridized carbons (Fsp3) is 0.175. The van der Waals surface area contributed by atoms with Crippen LogP contribution in [-0.2, 0) is 24.4 Å². The van der Waals surface area contributed by atoms with Crippen LogP contribution in [0.2, 0.25) is 20.1 Å². The zero-order chi connectivity index (χ0) is 38.2. The molecule has 0 fully saturated rings. The second kappa shape index (κ2) is 18.1. The predicted octanol–water partition coefficient (Wildman–Crippen LogP) is 9.44. The molecule has 272 valence electrons. The third-order valence-corrected chi connectivity index (χ3v) is 9.81. The normalized spacial score (nSPS) is 10.8. The van der Waals surface area contributed by atoms with Crippen LogP contribution in [0.25, 0.3) is 45.0 Å². The van der Waals surface area contributed by atoms with Crippen LogP contribution in [0.15, 0.2) is 84.9 Å². The van der Waals surface area contributed by atoms with Gasteiger partial charge in [0.05, 0.1) is 67.5 Å². The zero-order valence-corrected chi connectivity index (χ0v) is 32.2. The van der Waals surface area contributed by atoms with Gasteiger partial charge in [0, 0.05) is 35.3 Å². The van der Waals surface area contributed by atoms with Gasteiger partial charge in [0.15, 0.2) is 5.69 Å². The molecule has 0 unspecified atom stereocenters. The van der Waals surface area contributed by atoms with E-state index >= 15 is 0 Å². The summed E-state index contributed by atoms with van der Waals surface area (Å²) < 4.78 is 5.20. The van der Waals surface area contributed by atoms with Gasteiger partial charge in [-0.25, -0.2) is 24.7 Å². The van der Waals surface area contributed by atoms with Crippen molar-refractivity contribution in [1.29, 1.82) is 0 Å². The van der Waals surface area contributed by atoms with Gasteiger partial charge in [-0.2, -0.15) is 0 Å². The smallest absolute Gasteiger partial charge is 0.359 e. The summed E-state index contributed by atoms with van der Waals surface area (Å²) in [6.07, 6.45) is 0. The highest BCUT2D eigenvalue weighted by Gasteiger charge is 2.23. The van der Waals surface area contributed by atoms with E-state index in [1.807, 2.05) is 74.5 Å². The van der Waals surface area contributed by atoms with E-state index in [0.29, 0.717) is 84.2 Å². The molecule has 0 spiro atoms. The number of rotatable bonds is 9. The largest absolute Gasteiger partial charge is 0.461 e. The van der Waals surface area contributed by atoms with Crippen molar-refractivity contribution in [3.63, 3.8) is 0 Å². The highest BCUT2D eigenvalue weighted by molar-refractivity contribution is 6.44. The molecule has 2 aromatic heterocycles. The summed E-state index contributed by atoms with van der Waals surface area (Å²) in [5, 5.41) is 11.4. The van der Waals surface area contributed by atoms with Gasteiger partial charge in [0.2, 0.25) is 0 Å². The van der Waals surface area contributed by atoms with Crippen molar-refractivity contribution in [2.45, 2.75) is 40.5 Å². The molecule has 4 aromatic carbocycles. The van der Waals surface area contributed by atoms with Gasteiger partial charge in [-0.15, -0.1) is 0 Å². The minimum atomic E-state index is -0.549. The number of carbonyl (C=O) groups is 1. The predicted molar refractivity (Wildman–Crippen MR) is 213 cm³/mol. The number of aliphatic hydroxyl groups excluding tert-OH is 1. The molecular formula is C40H36Cl4N6O3. The number of ether oxygens (including phenoxy) is 1. The second-order valence-corrected chi connectivity index (χ2v) is 13.3. The summed E-state index contributed by atoms with van der Waals surface area (Å²) in [4.78, 5) is 31.1. The van der Waals surface area contributed by atoms with Crippen molar-refractivity contribution in [1.82, 2.24) is 19.9 Å². The number of benzene rings is 4. The molecule has 0 bridgehead atoms. The molecule has 6 rings (SSSR count). The maximum absolute atomic E-state index is 12.6. The number of aliphatic hydroxyl groups is 1. The van der Waals surface area contributed by atoms with Crippen LogP contribution in [0.1, 0.15) is 45.6 Å². The van der Waals surface area contributed by atoms with Gasteiger partial charge in [0.1, 0.15) is 5.69 Å². The number of halogens is 4. The fourth-order valence-electron chi connectivity index (χ4n) is 5.44. The van der Waals surface area contributed by atoms with E-state index in [1.165, 1.54) is 0 Å². The molecule has 0 aliphatic carbocycles. The molecule has 0 aliphatic heterocycles. The van der Waals surface area contributed by atoms with Crippen LogP contribution in [0.4, 0.5) is 0 Å². The first-order valence-electron chi connectivity index (χ1n) is 16.5. The van der Waals surface area contributed by atoms with Gasteiger partial charge >= 0.3 is 5.97 Å². The van der Waals surface area contributed by atoms with Crippen LogP contribution >= 0.6 is 46.4 Å². The average Bonchev–Trinajstić information content (AvgIpc) is 3.17. The zero-order valence-electron chi connectivity index (χ0n) is 29.1. The van der Waals surface area contributed by atoms with E-state index in [9.17, 15) is 9.90 Å². The van der Waals surface area contributed by atoms with E-state index in [-0.39, 0.29) is 18.9 Å². The molecule has 0 atom stereocenters. The Morgan fingerprint density at radius 3 is 1.55 bits per heavy atom. The second-order valence-electron chi connectivity index (χ2n) is 11.7. The number of carbonyl (C=O) groups excluding carboxylic acids is 1. The van der Waals surface area contributed by atoms with Crippen molar-refractivity contribution < 1.29 is 14.6 Å². The quantitative estimate of drug-likeness (QED) is 0.122. The van der Waals surface area contributed by atoms with Crippen LogP contribution in [0, 0.1) is 13.8 Å². The van der Waals surface area contributed by atoms with Gasteiger partial charge in [-0.1, -0.05) is 119 Å². The molecule has 0 saturated heterocycles. The van der Waals surface area contributed by atoms with Crippen molar-refractivity contribution >= 4 is 52.4 Å².